The van der Waals surface area contributed by atoms with Gasteiger partial charge >= 0.3 is 0 Å². The summed E-state index contributed by atoms with van der Waals surface area (Å²) in [5, 5.41) is 2.95. The molecule has 27 heavy (non-hydrogen) atoms. The normalized spacial score (nSPS) is 14.3. The molecule has 0 radical (unpaired) electrons. The Morgan fingerprint density at radius 2 is 2.07 bits per heavy atom. The van der Waals surface area contributed by atoms with E-state index in [1.54, 1.807) is 24.3 Å². The molecule has 0 fully saturated rings. The van der Waals surface area contributed by atoms with Gasteiger partial charge in [0.1, 0.15) is 0 Å². The number of nitrogens with zero attached hydrogens (tertiary/aromatic N) is 1. The van der Waals surface area contributed by atoms with Gasteiger partial charge < -0.3 is 10.3 Å². The van der Waals surface area contributed by atoms with Crippen LogP contribution in [0.1, 0.15) is 54.7 Å². The molecule has 0 saturated heterocycles. The molecule has 0 spiro atoms. The lowest BCUT2D eigenvalue weighted by molar-refractivity contribution is -0.115. The van der Waals surface area contributed by atoms with E-state index < -0.39 is 5.25 Å². The number of aromatic amines is 1. The minimum absolute atomic E-state index is 0.0525. The molecular weight excluding hydrogens is 362 g/mol. The maximum absolute atomic E-state index is 12.7. The summed E-state index contributed by atoms with van der Waals surface area (Å²) < 4.78 is 0. The predicted octanol–water partition coefficient (Wildman–Crippen LogP) is 3.36. The third-order valence-electron chi connectivity index (χ3n) is 4.62. The molecule has 1 heterocycles. The number of rotatable bonds is 6. The third kappa shape index (κ3) is 4.66. The van der Waals surface area contributed by atoms with Gasteiger partial charge in [-0.2, -0.15) is 0 Å². The maximum Gasteiger partial charge on any atom is 0.254 e. The Morgan fingerprint density at radius 1 is 1.30 bits per heavy atom. The first-order chi connectivity index (χ1) is 13.0. The van der Waals surface area contributed by atoms with Crippen molar-refractivity contribution in [1.29, 1.82) is 0 Å². The second kappa shape index (κ2) is 8.52. The molecule has 1 amide bonds. The Morgan fingerprint density at radius 3 is 2.81 bits per heavy atom. The van der Waals surface area contributed by atoms with Gasteiger partial charge in [0.25, 0.3) is 5.56 Å². The molecule has 3 rings (SSSR count). The minimum atomic E-state index is -0.393. The Hall–Kier alpha value is -2.41. The molecule has 1 unspecified atom stereocenters. The van der Waals surface area contributed by atoms with Crippen molar-refractivity contribution in [3.63, 3.8) is 0 Å². The van der Waals surface area contributed by atoms with Crippen molar-refractivity contribution in [3.8, 4) is 0 Å². The van der Waals surface area contributed by atoms with E-state index in [0.717, 1.165) is 36.9 Å². The van der Waals surface area contributed by atoms with Crippen LogP contribution >= 0.6 is 11.8 Å². The fraction of sp³-hybridized carbons (Fsp3) is 0.400. The molecule has 6 nitrogen and oxygen atoms in total. The lowest BCUT2D eigenvalue weighted by atomic mass is 9.97. The van der Waals surface area contributed by atoms with Crippen LogP contribution in [-0.4, -0.2) is 26.9 Å². The lowest BCUT2D eigenvalue weighted by Gasteiger charge is -2.17. The van der Waals surface area contributed by atoms with Crippen LogP contribution in [0.4, 0.5) is 5.69 Å². The van der Waals surface area contributed by atoms with Crippen LogP contribution in [0.3, 0.4) is 0 Å². The highest BCUT2D eigenvalue weighted by Crippen LogP contribution is 2.25. The minimum Gasteiger partial charge on any atom is -0.325 e. The number of nitrogens with one attached hydrogen (secondary N) is 2. The molecule has 1 aliphatic carbocycles. The van der Waals surface area contributed by atoms with Crippen LogP contribution < -0.4 is 10.9 Å². The van der Waals surface area contributed by atoms with Crippen molar-refractivity contribution in [1.82, 2.24) is 9.97 Å². The largest absolute Gasteiger partial charge is 0.325 e. The van der Waals surface area contributed by atoms with Gasteiger partial charge in [0.15, 0.2) is 10.9 Å². The van der Waals surface area contributed by atoms with Crippen LogP contribution in [0.2, 0.25) is 0 Å². The molecule has 1 aromatic heterocycles. The van der Waals surface area contributed by atoms with Gasteiger partial charge in [-0.15, -0.1) is 0 Å². The Balaban J connectivity index is 1.74. The van der Waals surface area contributed by atoms with Crippen molar-refractivity contribution in [2.24, 2.45) is 0 Å². The van der Waals surface area contributed by atoms with Crippen molar-refractivity contribution < 1.29 is 9.59 Å². The number of benzene rings is 1. The van der Waals surface area contributed by atoms with Gasteiger partial charge in [-0.3, -0.25) is 14.4 Å². The molecule has 1 atom stereocenters. The van der Waals surface area contributed by atoms with Crippen molar-refractivity contribution >= 4 is 29.1 Å². The highest BCUT2D eigenvalue weighted by atomic mass is 32.2. The van der Waals surface area contributed by atoms with Crippen LogP contribution in [0.15, 0.2) is 34.2 Å². The third-order valence-corrected chi connectivity index (χ3v) is 5.87. The number of Topliss-reactive ketones (excluding diaryl/α,β-unsaturated/α-hetero) is 1. The zero-order chi connectivity index (χ0) is 19.4. The van der Waals surface area contributed by atoms with E-state index in [-0.39, 0.29) is 17.2 Å². The standard InChI is InChI=1S/C20H23N3O3S/c1-3-17(19(26)21-14-8-6-7-13(11-14)12(2)24)27-20-22-16-10-5-4-9-15(16)18(25)23-20/h6-8,11,17H,3-5,9-10H2,1-2H3,(H,21,26)(H,22,23,25). The molecule has 2 aromatic rings. The fourth-order valence-corrected chi connectivity index (χ4v) is 4.05. The van der Waals surface area contributed by atoms with E-state index in [9.17, 15) is 14.4 Å². The topological polar surface area (TPSA) is 91.9 Å². The van der Waals surface area contributed by atoms with E-state index in [0.29, 0.717) is 22.8 Å². The zero-order valence-electron chi connectivity index (χ0n) is 15.5. The van der Waals surface area contributed by atoms with Crippen LogP contribution in [-0.2, 0) is 17.6 Å². The number of H-pyrrole nitrogens is 1. The second-order valence-corrected chi connectivity index (χ2v) is 7.84. The van der Waals surface area contributed by atoms with Crippen LogP contribution in [0, 0.1) is 0 Å². The van der Waals surface area contributed by atoms with E-state index in [1.807, 2.05) is 6.92 Å². The summed E-state index contributed by atoms with van der Waals surface area (Å²) in [5.41, 5.74) is 2.68. The molecular formula is C20H23N3O3S. The number of fused-ring (bicyclic) bond motifs is 1. The summed E-state index contributed by atoms with van der Waals surface area (Å²) in [6.45, 7) is 3.41. The molecule has 2 N–H and O–H groups in total. The Labute approximate surface area is 162 Å². The average Bonchev–Trinajstić information content (AvgIpc) is 2.66. The van der Waals surface area contributed by atoms with E-state index in [1.165, 1.54) is 18.7 Å². The van der Waals surface area contributed by atoms with E-state index in [2.05, 4.69) is 15.3 Å². The van der Waals surface area contributed by atoms with Crippen molar-refractivity contribution in [2.45, 2.75) is 56.4 Å². The van der Waals surface area contributed by atoms with Gasteiger partial charge in [0.2, 0.25) is 5.91 Å². The molecule has 1 aliphatic rings. The number of anilines is 1. The molecule has 0 bridgehead atoms. The number of carbonyl (C=O) groups is 2. The number of hydrogen-bond donors (Lipinski definition) is 2. The molecule has 142 valence electrons. The lowest BCUT2D eigenvalue weighted by Crippen LogP contribution is -2.26. The fourth-order valence-electron chi connectivity index (χ4n) is 3.13. The van der Waals surface area contributed by atoms with Crippen molar-refractivity contribution in [2.75, 3.05) is 5.32 Å². The summed E-state index contributed by atoms with van der Waals surface area (Å²) in [4.78, 5) is 43.8. The second-order valence-electron chi connectivity index (χ2n) is 6.64. The summed E-state index contributed by atoms with van der Waals surface area (Å²) in [6, 6.07) is 6.87. The van der Waals surface area contributed by atoms with Gasteiger partial charge in [0.05, 0.1) is 10.9 Å². The number of carbonyl (C=O) groups excluding carboxylic acids is 2. The quantitative estimate of drug-likeness (QED) is 0.452. The summed E-state index contributed by atoms with van der Waals surface area (Å²) in [5.74, 6) is -0.230. The summed E-state index contributed by atoms with van der Waals surface area (Å²) in [6.07, 6.45) is 4.23. The number of hydrogen-bond acceptors (Lipinski definition) is 5. The van der Waals surface area contributed by atoms with Gasteiger partial charge in [-0.25, -0.2) is 4.98 Å². The molecule has 1 aromatic carbocycles. The zero-order valence-corrected chi connectivity index (χ0v) is 16.3. The van der Waals surface area contributed by atoms with Crippen LogP contribution in [0.25, 0.3) is 0 Å². The van der Waals surface area contributed by atoms with Gasteiger partial charge in [-0.1, -0.05) is 30.8 Å². The first kappa shape index (κ1) is 19.4. The summed E-state index contributed by atoms with van der Waals surface area (Å²) in [7, 11) is 0. The average molecular weight is 385 g/mol. The van der Waals surface area contributed by atoms with Gasteiger partial charge in [0, 0.05) is 16.8 Å². The SMILES string of the molecule is CCC(Sc1nc2c(c(=O)[nH]1)CCCC2)C(=O)Nc1cccc(C(C)=O)c1. The molecule has 0 saturated carbocycles. The monoisotopic (exact) mass is 385 g/mol. The smallest absolute Gasteiger partial charge is 0.254 e. The molecule has 7 heteroatoms. The predicted molar refractivity (Wildman–Crippen MR) is 107 cm³/mol. The van der Waals surface area contributed by atoms with Crippen LogP contribution in [0.5, 0.6) is 0 Å². The maximum atomic E-state index is 12.7. The highest BCUT2D eigenvalue weighted by Gasteiger charge is 2.22. The van der Waals surface area contributed by atoms with E-state index >= 15 is 0 Å². The molecule has 0 aliphatic heterocycles. The van der Waals surface area contributed by atoms with Gasteiger partial charge in [-0.05, 0) is 51.2 Å². The number of ketones is 1. The number of amides is 1. The first-order valence-electron chi connectivity index (χ1n) is 9.18. The number of aromatic nitrogens is 2. The summed E-state index contributed by atoms with van der Waals surface area (Å²) >= 11 is 1.27. The Bertz CT molecular complexity index is 923. The Kier molecular flexibility index (Phi) is 6.11. The first-order valence-corrected chi connectivity index (χ1v) is 10.1. The number of thioether (sulfide) groups is 1. The number of aryl methyl sites for hydroxylation is 1. The van der Waals surface area contributed by atoms with E-state index in [4.69, 9.17) is 0 Å². The highest BCUT2D eigenvalue weighted by molar-refractivity contribution is 8.00. The van der Waals surface area contributed by atoms with Crippen molar-refractivity contribution in [3.05, 3.63) is 51.4 Å².